The lowest BCUT2D eigenvalue weighted by atomic mass is 10.2. The Morgan fingerprint density at radius 2 is 1.56 bits per heavy atom. The third kappa shape index (κ3) is 3.86. The maximum absolute atomic E-state index is 3.83. The number of aryl methyl sites for hydroxylation is 1. The fraction of sp³-hybridized carbons (Fsp3) is 0.125. The number of benzene rings is 1. The summed E-state index contributed by atoms with van der Waals surface area (Å²) in [7, 11) is 0. The summed E-state index contributed by atoms with van der Waals surface area (Å²) < 4.78 is 0. The average Bonchev–Trinajstić information content (AvgIpc) is 1.94. The maximum atomic E-state index is 3.83. The van der Waals surface area contributed by atoms with Crippen LogP contribution in [0.1, 0.15) is 5.56 Å². The van der Waals surface area contributed by atoms with Crippen molar-refractivity contribution in [3.05, 3.63) is 35.9 Å². The molecule has 1 rings (SSSR count). The van der Waals surface area contributed by atoms with Gasteiger partial charge in [-0.05, 0) is 12.8 Å². The van der Waals surface area contributed by atoms with Gasteiger partial charge in [0.05, 0.1) is 0 Å². The van der Waals surface area contributed by atoms with E-state index >= 15 is 0 Å². The van der Waals surface area contributed by atoms with Crippen molar-refractivity contribution in [2.75, 3.05) is 0 Å². The summed E-state index contributed by atoms with van der Waals surface area (Å²) in [4.78, 5) is 0. The van der Waals surface area contributed by atoms with Gasteiger partial charge in [-0.1, -0.05) is 48.1 Å². The highest BCUT2D eigenvalue weighted by atomic mass is 32.1. The lowest BCUT2D eigenvalue weighted by Gasteiger charge is -1.82. The zero-order chi connectivity index (χ0) is 7.11. The van der Waals surface area contributed by atoms with Gasteiger partial charge in [-0.15, -0.1) is 0 Å². The van der Waals surface area contributed by atoms with Crippen LogP contribution in [-0.4, -0.2) is 5.87 Å². The molecular formula is C8H10S. The highest BCUT2D eigenvalue weighted by molar-refractivity contribution is 7.77. The van der Waals surface area contributed by atoms with Crippen molar-refractivity contribution in [3.63, 3.8) is 0 Å². The second-order valence-corrected chi connectivity index (χ2v) is 1.65. The first-order valence-electron chi connectivity index (χ1n) is 2.70. The monoisotopic (exact) mass is 138 g/mol. The van der Waals surface area contributed by atoms with Crippen molar-refractivity contribution >= 4 is 18.1 Å². The van der Waals surface area contributed by atoms with Crippen LogP contribution in [-0.2, 0) is 0 Å². The number of hydrogen-bond acceptors (Lipinski definition) is 1. The number of thiocarbonyl (C=S) groups is 1. The van der Waals surface area contributed by atoms with E-state index in [-0.39, 0.29) is 0 Å². The summed E-state index contributed by atoms with van der Waals surface area (Å²) >= 11 is 3.83. The third-order valence-corrected chi connectivity index (χ3v) is 0.940. The minimum atomic E-state index is 1.32. The van der Waals surface area contributed by atoms with Gasteiger partial charge >= 0.3 is 0 Å². The third-order valence-electron chi connectivity index (χ3n) is 0.940. The molecule has 0 aliphatic carbocycles. The van der Waals surface area contributed by atoms with Gasteiger partial charge in [-0.25, -0.2) is 0 Å². The lowest BCUT2D eigenvalue weighted by molar-refractivity contribution is 1.48. The molecule has 48 valence electrons. The SMILES string of the molecule is C=S.Cc1ccccc1. The Morgan fingerprint density at radius 1 is 1.11 bits per heavy atom. The van der Waals surface area contributed by atoms with Crippen molar-refractivity contribution in [1.82, 2.24) is 0 Å². The number of hydrogen-bond donors (Lipinski definition) is 0. The van der Waals surface area contributed by atoms with Gasteiger partial charge in [0.2, 0.25) is 0 Å². The van der Waals surface area contributed by atoms with E-state index < -0.39 is 0 Å². The first-order valence-corrected chi connectivity index (χ1v) is 3.28. The predicted octanol–water partition coefficient (Wildman–Crippen LogP) is 2.61. The van der Waals surface area contributed by atoms with E-state index in [9.17, 15) is 0 Å². The van der Waals surface area contributed by atoms with Crippen molar-refractivity contribution < 1.29 is 0 Å². The van der Waals surface area contributed by atoms with E-state index in [1.807, 2.05) is 18.2 Å². The zero-order valence-electron chi connectivity index (χ0n) is 5.50. The Bertz CT molecular complexity index is 146. The van der Waals surface area contributed by atoms with Crippen LogP contribution < -0.4 is 0 Å². The molecule has 0 radical (unpaired) electrons. The average molecular weight is 138 g/mol. The molecule has 0 fully saturated rings. The Kier molecular flexibility index (Phi) is 5.03. The maximum Gasteiger partial charge on any atom is -0.0351 e. The van der Waals surface area contributed by atoms with Crippen LogP contribution in [0.3, 0.4) is 0 Å². The van der Waals surface area contributed by atoms with E-state index in [0.717, 1.165) is 0 Å². The Labute approximate surface area is 61.5 Å². The normalized spacial score (nSPS) is 7.22. The van der Waals surface area contributed by atoms with Gasteiger partial charge in [0, 0.05) is 0 Å². The van der Waals surface area contributed by atoms with Gasteiger partial charge < -0.3 is 0 Å². The number of rotatable bonds is 0. The molecule has 0 unspecified atom stereocenters. The summed E-state index contributed by atoms with van der Waals surface area (Å²) in [5.41, 5.74) is 1.32. The first-order chi connectivity index (χ1) is 4.39. The minimum Gasteiger partial charge on any atom is -0.0973 e. The molecule has 0 bridgehead atoms. The molecule has 0 amide bonds. The lowest BCUT2D eigenvalue weighted by Crippen LogP contribution is -1.62. The van der Waals surface area contributed by atoms with Crippen molar-refractivity contribution in [2.45, 2.75) is 6.92 Å². The second kappa shape index (κ2) is 5.45. The Morgan fingerprint density at radius 3 is 1.78 bits per heavy atom. The molecule has 0 saturated carbocycles. The predicted molar refractivity (Wildman–Crippen MR) is 45.9 cm³/mol. The fourth-order valence-corrected chi connectivity index (χ4v) is 0.534. The minimum absolute atomic E-state index is 1.32. The van der Waals surface area contributed by atoms with Crippen LogP contribution in [0.25, 0.3) is 0 Å². The molecule has 0 aliphatic rings. The topological polar surface area (TPSA) is 0 Å². The Balaban J connectivity index is 0.000000291. The van der Waals surface area contributed by atoms with E-state index in [4.69, 9.17) is 0 Å². The van der Waals surface area contributed by atoms with Crippen LogP contribution in [0.4, 0.5) is 0 Å². The fourth-order valence-electron chi connectivity index (χ4n) is 0.534. The van der Waals surface area contributed by atoms with Gasteiger partial charge in [-0.3, -0.25) is 0 Å². The van der Waals surface area contributed by atoms with Gasteiger partial charge in [0.15, 0.2) is 0 Å². The molecule has 0 spiro atoms. The highest BCUT2D eigenvalue weighted by Crippen LogP contribution is 1.92. The first kappa shape index (κ1) is 8.31. The summed E-state index contributed by atoms with van der Waals surface area (Å²) in [5, 5.41) is 0. The van der Waals surface area contributed by atoms with Crippen molar-refractivity contribution in [2.24, 2.45) is 0 Å². The molecule has 0 nitrogen and oxygen atoms in total. The molecule has 0 atom stereocenters. The molecule has 0 heterocycles. The molecule has 0 N–H and O–H groups in total. The second-order valence-electron chi connectivity index (χ2n) is 1.65. The van der Waals surface area contributed by atoms with Crippen LogP contribution in [0, 0.1) is 6.92 Å². The molecule has 1 heteroatoms. The smallest absolute Gasteiger partial charge is 0.0351 e. The molecule has 0 aliphatic heterocycles. The van der Waals surface area contributed by atoms with E-state index in [2.05, 4.69) is 37.1 Å². The van der Waals surface area contributed by atoms with Crippen LogP contribution >= 0.6 is 12.2 Å². The van der Waals surface area contributed by atoms with E-state index in [1.54, 1.807) is 0 Å². The molecule has 9 heavy (non-hydrogen) atoms. The summed E-state index contributed by atoms with van der Waals surface area (Å²) in [5.74, 6) is 2.83. The van der Waals surface area contributed by atoms with Gasteiger partial charge in [0.1, 0.15) is 0 Å². The van der Waals surface area contributed by atoms with E-state index in [1.165, 1.54) is 5.56 Å². The van der Waals surface area contributed by atoms with Crippen LogP contribution in [0.2, 0.25) is 0 Å². The summed E-state index contributed by atoms with van der Waals surface area (Å²) in [6.45, 7) is 2.08. The Hall–Kier alpha value is -0.690. The van der Waals surface area contributed by atoms with Crippen molar-refractivity contribution in [1.29, 1.82) is 0 Å². The molecular weight excluding hydrogens is 128 g/mol. The van der Waals surface area contributed by atoms with Crippen LogP contribution in [0.15, 0.2) is 30.3 Å². The molecule has 1 aromatic rings. The standard InChI is InChI=1S/C7H8.CH2S/c1-7-5-3-2-4-6-7;1-2/h2-6H,1H3;1H2. The zero-order valence-corrected chi connectivity index (χ0v) is 6.32. The molecule has 0 aromatic heterocycles. The van der Waals surface area contributed by atoms with E-state index in [0.29, 0.717) is 0 Å². The molecule has 1 aromatic carbocycles. The summed E-state index contributed by atoms with van der Waals surface area (Å²) in [6, 6.07) is 10.3. The highest BCUT2D eigenvalue weighted by Gasteiger charge is 1.72. The summed E-state index contributed by atoms with van der Waals surface area (Å²) in [6.07, 6.45) is 0. The molecule has 0 saturated heterocycles. The largest absolute Gasteiger partial charge is 0.0973 e. The van der Waals surface area contributed by atoms with Crippen molar-refractivity contribution in [3.8, 4) is 0 Å². The quantitative estimate of drug-likeness (QED) is 0.496. The van der Waals surface area contributed by atoms with Crippen LogP contribution in [0.5, 0.6) is 0 Å². The van der Waals surface area contributed by atoms with Gasteiger partial charge in [-0.2, -0.15) is 0 Å². The van der Waals surface area contributed by atoms with Gasteiger partial charge in [0.25, 0.3) is 0 Å².